The smallest absolute Gasteiger partial charge is 0.416 e. The number of benzene rings is 2. The maximum absolute atomic E-state index is 13.7. The fourth-order valence-corrected chi connectivity index (χ4v) is 2.38. The van der Waals surface area contributed by atoms with Gasteiger partial charge in [-0.1, -0.05) is 0 Å². The van der Waals surface area contributed by atoms with Crippen LogP contribution in [0.25, 0.3) is 0 Å². The lowest BCUT2D eigenvalue weighted by Crippen LogP contribution is -2.30. The highest BCUT2D eigenvalue weighted by atomic mass is 19.4. The Kier molecular flexibility index (Phi) is 7.40. The number of hydrogen-bond donors (Lipinski definition) is 3. The number of hydrogen-bond acceptors (Lipinski definition) is 4. The molecule has 29 heavy (non-hydrogen) atoms. The minimum absolute atomic E-state index is 0.0836. The van der Waals surface area contributed by atoms with Gasteiger partial charge in [-0.15, -0.1) is 0 Å². The van der Waals surface area contributed by atoms with Crippen LogP contribution in [0.5, 0.6) is 5.75 Å². The number of rotatable bonds is 7. The first-order chi connectivity index (χ1) is 13.5. The minimum Gasteiger partial charge on any atom is -0.491 e. The number of alkyl halides is 3. The van der Waals surface area contributed by atoms with Crippen LogP contribution in [-0.2, 0) is 6.18 Å². The molecule has 2 aromatic rings. The van der Waals surface area contributed by atoms with Gasteiger partial charge in [0.1, 0.15) is 24.3 Å². The second kappa shape index (κ2) is 9.57. The van der Waals surface area contributed by atoms with Crippen molar-refractivity contribution in [2.24, 2.45) is 0 Å². The lowest BCUT2D eigenvalue weighted by Gasteiger charge is -2.16. The molecule has 0 radical (unpaired) electrons. The van der Waals surface area contributed by atoms with Crippen molar-refractivity contribution < 1.29 is 32.2 Å². The molecule has 0 fully saturated rings. The maximum Gasteiger partial charge on any atom is 0.416 e. The van der Waals surface area contributed by atoms with Gasteiger partial charge in [0.2, 0.25) is 0 Å². The van der Waals surface area contributed by atoms with E-state index < -0.39 is 35.4 Å². The van der Waals surface area contributed by atoms with Crippen molar-refractivity contribution >= 4 is 17.4 Å². The van der Waals surface area contributed by atoms with Crippen LogP contribution in [0, 0.1) is 5.82 Å². The molecule has 0 bridgehead atoms. The van der Waals surface area contributed by atoms with E-state index in [1.54, 1.807) is 12.1 Å². The van der Waals surface area contributed by atoms with E-state index >= 15 is 0 Å². The molecule has 0 aliphatic carbocycles. The number of ether oxygens (including phenoxy) is 1. The molecule has 2 aromatic carbocycles. The largest absolute Gasteiger partial charge is 0.491 e. The van der Waals surface area contributed by atoms with Crippen LogP contribution in [0.3, 0.4) is 0 Å². The number of aliphatic hydroxyl groups excluding tert-OH is 1. The van der Waals surface area contributed by atoms with E-state index in [4.69, 9.17) is 4.74 Å². The first kappa shape index (κ1) is 22.4. The molecule has 0 spiro atoms. The van der Waals surface area contributed by atoms with Gasteiger partial charge in [-0.2, -0.15) is 13.2 Å². The highest BCUT2D eigenvalue weighted by Gasteiger charge is 2.31. The average molecular weight is 415 g/mol. The predicted molar refractivity (Wildman–Crippen MR) is 101 cm³/mol. The minimum atomic E-state index is -4.66. The first-order valence-corrected chi connectivity index (χ1v) is 8.55. The highest BCUT2D eigenvalue weighted by Crippen LogP contribution is 2.31. The Hall–Kier alpha value is -2.85. The maximum atomic E-state index is 13.7. The van der Waals surface area contributed by atoms with Crippen molar-refractivity contribution in [3.63, 3.8) is 0 Å². The van der Waals surface area contributed by atoms with Crippen molar-refractivity contribution in [3.8, 4) is 5.75 Å². The van der Waals surface area contributed by atoms with Gasteiger partial charge >= 0.3 is 12.2 Å². The first-order valence-electron chi connectivity index (χ1n) is 8.55. The van der Waals surface area contributed by atoms with E-state index in [1.807, 2.05) is 19.0 Å². The molecule has 0 aliphatic heterocycles. The van der Waals surface area contributed by atoms with Gasteiger partial charge in [-0.3, -0.25) is 0 Å². The van der Waals surface area contributed by atoms with Crippen molar-refractivity contribution in [1.82, 2.24) is 4.90 Å². The van der Waals surface area contributed by atoms with Gasteiger partial charge < -0.3 is 25.4 Å². The number of aliphatic hydroxyl groups is 1. The summed E-state index contributed by atoms with van der Waals surface area (Å²) in [6, 6.07) is 6.92. The van der Waals surface area contributed by atoms with Crippen molar-refractivity contribution in [2.75, 3.05) is 37.9 Å². The molecule has 6 nitrogen and oxygen atoms in total. The number of nitrogens with zero attached hydrogens (tertiary/aromatic N) is 1. The van der Waals surface area contributed by atoms with E-state index in [0.29, 0.717) is 36.2 Å². The summed E-state index contributed by atoms with van der Waals surface area (Å²) in [4.78, 5) is 13.8. The summed E-state index contributed by atoms with van der Waals surface area (Å²) in [5, 5.41) is 14.2. The third-order valence-corrected chi connectivity index (χ3v) is 3.67. The fourth-order valence-electron chi connectivity index (χ4n) is 2.38. The molecule has 0 saturated carbocycles. The van der Waals surface area contributed by atoms with Crippen LogP contribution in [0.4, 0.5) is 33.7 Å². The van der Waals surface area contributed by atoms with Gasteiger partial charge in [-0.05, 0) is 56.6 Å². The summed E-state index contributed by atoms with van der Waals surface area (Å²) in [5.41, 5.74) is -1.35. The highest BCUT2D eigenvalue weighted by molar-refractivity contribution is 5.99. The SMILES string of the molecule is CN(C)CC(O)COc1ccc(NC(=O)Nc2cc(C(F)(F)F)ccc2F)cc1. The van der Waals surface area contributed by atoms with Crippen LogP contribution in [0.15, 0.2) is 42.5 Å². The molecule has 1 atom stereocenters. The average Bonchev–Trinajstić information content (AvgIpc) is 2.61. The molecule has 0 saturated heterocycles. The number of likely N-dealkylation sites (N-methyl/N-ethyl adjacent to an activating group) is 1. The number of amides is 2. The molecule has 2 amide bonds. The lowest BCUT2D eigenvalue weighted by atomic mass is 10.2. The third kappa shape index (κ3) is 7.24. The van der Waals surface area contributed by atoms with Gasteiger partial charge in [0.15, 0.2) is 0 Å². The molecular weight excluding hydrogens is 394 g/mol. The number of carbonyl (C=O) groups is 1. The van der Waals surface area contributed by atoms with Crippen LogP contribution < -0.4 is 15.4 Å². The van der Waals surface area contributed by atoms with Crippen molar-refractivity contribution in [2.45, 2.75) is 12.3 Å². The Balaban J connectivity index is 1.93. The number of carbonyl (C=O) groups excluding carboxylic acids is 1. The topological polar surface area (TPSA) is 73.8 Å². The van der Waals surface area contributed by atoms with E-state index in [-0.39, 0.29) is 6.61 Å². The quantitative estimate of drug-likeness (QED) is 0.602. The Morgan fingerprint density at radius 2 is 1.79 bits per heavy atom. The lowest BCUT2D eigenvalue weighted by molar-refractivity contribution is -0.137. The normalized spacial score (nSPS) is 12.6. The standard InChI is InChI=1S/C19H21F4N3O3/c1-26(2)10-14(27)11-29-15-6-4-13(5-7-15)24-18(28)25-17-9-12(19(21,22)23)3-8-16(17)20/h3-9,14,27H,10-11H2,1-2H3,(H2,24,25,28). The zero-order valence-electron chi connectivity index (χ0n) is 15.8. The monoisotopic (exact) mass is 415 g/mol. The Labute approximate surface area is 165 Å². The van der Waals surface area contributed by atoms with E-state index in [0.717, 1.165) is 0 Å². The van der Waals surface area contributed by atoms with E-state index in [9.17, 15) is 27.5 Å². The Morgan fingerprint density at radius 3 is 2.38 bits per heavy atom. The molecule has 0 heterocycles. The Morgan fingerprint density at radius 1 is 1.14 bits per heavy atom. The van der Waals surface area contributed by atoms with Crippen LogP contribution in [0.1, 0.15) is 5.56 Å². The Bertz CT molecular complexity index is 826. The number of urea groups is 1. The molecule has 1 unspecified atom stereocenters. The van der Waals surface area contributed by atoms with E-state index in [1.165, 1.54) is 12.1 Å². The summed E-state index contributed by atoms with van der Waals surface area (Å²) in [6.45, 7) is 0.520. The summed E-state index contributed by atoms with van der Waals surface area (Å²) >= 11 is 0. The fraction of sp³-hybridized carbons (Fsp3) is 0.316. The number of halogens is 4. The zero-order chi connectivity index (χ0) is 21.6. The van der Waals surface area contributed by atoms with Crippen molar-refractivity contribution in [1.29, 1.82) is 0 Å². The van der Waals surface area contributed by atoms with Gasteiger partial charge in [0.25, 0.3) is 0 Å². The number of nitrogens with one attached hydrogen (secondary N) is 2. The van der Waals surface area contributed by atoms with Gasteiger partial charge in [0.05, 0.1) is 11.3 Å². The summed E-state index contributed by atoms with van der Waals surface area (Å²) in [5.74, 6) is -0.536. The zero-order valence-corrected chi connectivity index (χ0v) is 15.8. The van der Waals surface area contributed by atoms with Crippen molar-refractivity contribution in [3.05, 3.63) is 53.8 Å². The second-order valence-electron chi connectivity index (χ2n) is 6.52. The molecule has 10 heteroatoms. The van der Waals surface area contributed by atoms with Crippen LogP contribution >= 0.6 is 0 Å². The number of anilines is 2. The molecule has 0 aliphatic rings. The molecule has 2 rings (SSSR count). The van der Waals surface area contributed by atoms with Crippen LogP contribution in [-0.4, -0.2) is 49.4 Å². The summed E-state index contributed by atoms with van der Waals surface area (Å²) in [7, 11) is 3.64. The predicted octanol–water partition coefficient (Wildman–Crippen LogP) is 3.79. The molecular formula is C19H21F4N3O3. The molecule has 0 aromatic heterocycles. The van der Waals surface area contributed by atoms with Gasteiger partial charge in [0, 0.05) is 12.2 Å². The molecule has 3 N–H and O–H groups in total. The van der Waals surface area contributed by atoms with Crippen LogP contribution in [0.2, 0.25) is 0 Å². The molecule has 158 valence electrons. The van der Waals surface area contributed by atoms with E-state index in [2.05, 4.69) is 10.6 Å². The third-order valence-electron chi connectivity index (χ3n) is 3.67. The summed E-state index contributed by atoms with van der Waals surface area (Å²) in [6.07, 6.45) is -5.33. The van der Waals surface area contributed by atoms with Gasteiger partial charge in [-0.25, -0.2) is 9.18 Å². The second-order valence-corrected chi connectivity index (χ2v) is 6.52. The summed E-state index contributed by atoms with van der Waals surface area (Å²) < 4.78 is 57.3.